The number of nitrogens with one attached hydrogen (secondary N) is 1. The van der Waals surface area contributed by atoms with Crippen LogP contribution in [0.15, 0.2) is 0 Å². The fourth-order valence-corrected chi connectivity index (χ4v) is 3.29. The van der Waals surface area contributed by atoms with Gasteiger partial charge in [0.05, 0.1) is 6.61 Å². The van der Waals surface area contributed by atoms with Gasteiger partial charge in [0.2, 0.25) is 0 Å². The molecule has 5 nitrogen and oxygen atoms in total. The van der Waals surface area contributed by atoms with Gasteiger partial charge in [0.25, 0.3) is 10.2 Å². The Morgan fingerprint density at radius 1 is 1.47 bits per heavy atom. The van der Waals surface area contributed by atoms with E-state index in [1.54, 1.807) is 13.8 Å². The molecule has 0 amide bonds. The minimum absolute atomic E-state index is 0.0772. The molecular formula is C9H20N2O3S. The van der Waals surface area contributed by atoms with Crippen molar-refractivity contribution in [3.63, 3.8) is 0 Å². The number of rotatable bonds is 6. The lowest BCUT2D eigenvalue weighted by Gasteiger charge is -2.36. The monoisotopic (exact) mass is 236 g/mol. The summed E-state index contributed by atoms with van der Waals surface area (Å²) in [4.78, 5) is 0. The summed E-state index contributed by atoms with van der Waals surface area (Å²) in [5.74, 6) is 0. The lowest BCUT2D eigenvalue weighted by Crippen LogP contribution is -2.51. The lowest BCUT2D eigenvalue weighted by atomic mass is 9.93. The molecule has 0 atom stereocenters. The van der Waals surface area contributed by atoms with E-state index in [9.17, 15) is 8.42 Å². The molecule has 6 heteroatoms. The quantitative estimate of drug-likeness (QED) is 0.686. The standard InChI is InChI=1S/C9H20N2O3S/c1-8(2)10-15(13,14)11(6-7-12)9-4-3-5-9/h8-10,12H,3-7H2,1-2H3. The van der Waals surface area contributed by atoms with Crippen LogP contribution in [-0.4, -0.2) is 43.1 Å². The van der Waals surface area contributed by atoms with Crippen LogP contribution in [0.4, 0.5) is 0 Å². The second kappa shape index (κ2) is 5.25. The normalized spacial score (nSPS) is 18.5. The molecule has 0 aliphatic heterocycles. The molecule has 0 bridgehead atoms. The van der Waals surface area contributed by atoms with Crippen molar-refractivity contribution in [2.75, 3.05) is 13.2 Å². The van der Waals surface area contributed by atoms with Gasteiger partial charge in [-0.05, 0) is 26.7 Å². The number of hydrogen-bond donors (Lipinski definition) is 2. The van der Waals surface area contributed by atoms with Gasteiger partial charge in [0.15, 0.2) is 0 Å². The van der Waals surface area contributed by atoms with Crippen LogP contribution in [0, 0.1) is 0 Å². The number of aliphatic hydroxyl groups is 1. The highest BCUT2D eigenvalue weighted by Crippen LogP contribution is 2.26. The van der Waals surface area contributed by atoms with E-state index in [0.29, 0.717) is 0 Å². The van der Waals surface area contributed by atoms with Gasteiger partial charge < -0.3 is 5.11 Å². The molecule has 0 radical (unpaired) electrons. The Kier molecular flexibility index (Phi) is 4.51. The van der Waals surface area contributed by atoms with Gasteiger partial charge in [-0.3, -0.25) is 0 Å². The summed E-state index contributed by atoms with van der Waals surface area (Å²) >= 11 is 0. The first-order valence-electron chi connectivity index (χ1n) is 5.37. The molecule has 0 aromatic carbocycles. The highest BCUT2D eigenvalue weighted by Gasteiger charge is 2.33. The molecule has 0 unspecified atom stereocenters. The Balaban J connectivity index is 2.68. The predicted octanol–water partition coefficient (Wildman–Crippen LogP) is 0.0760. The summed E-state index contributed by atoms with van der Waals surface area (Å²) < 4.78 is 27.7. The smallest absolute Gasteiger partial charge is 0.280 e. The average molecular weight is 236 g/mol. The maximum absolute atomic E-state index is 11.9. The number of nitrogens with zero attached hydrogens (tertiary/aromatic N) is 1. The largest absolute Gasteiger partial charge is 0.395 e. The molecular weight excluding hydrogens is 216 g/mol. The summed E-state index contributed by atoms with van der Waals surface area (Å²) in [6, 6.07) is -0.0373. The molecule has 90 valence electrons. The number of aliphatic hydroxyl groups excluding tert-OH is 1. The van der Waals surface area contributed by atoms with Gasteiger partial charge in [0.1, 0.15) is 0 Å². The van der Waals surface area contributed by atoms with E-state index < -0.39 is 10.2 Å². The Morgan fingerprint density at radius 3 is 2.40 bits per heavy atom. The molecule has 0 aromatic rings. The Labute approximate surface area is 91.7 Å². The molecule has 0 heterocycles. The van der Waals surface area contributed by atoms with Crippen molar-refractivity contribution >= 4 is 10.2 Å². The average Bonchev–Trinajstić information content (AvgIpc) is 1.97. The number of hydrogen-bond acceptors (Lipinski definition) is 3. The Hall–Kier alpha value is -0.170. The van der Waals surface area contributed by atoms with E-state index in [4.69, 9.17) is 5.11 Å². The maximum Gasteiger partial charge on any atom is 0.280 e. The van der Waals surface area contributed by atoms with E-state index in [1.165, 1.54) is 4.31 Å². The third-order valence-electron chi connectivity index (χ3n) is 2.50. The summed E-state index contributed by atoms with van der Waals surface area (Å²) in [5.41, 5.74) is 0. The van der Waals surface area contributed by atoms with Crippen molar-refractivity contribution < 1.29 is 13.5 Å². The van der Waals surface area contributed by atoms with Crippen LogP contribution < -0.4 is 4.72 Å². The van der Waals surface area contributed by atoms with Crippen LogP contribution in [0.1, 0.15) is 33.1 Å². The van der Waals surface area contributed by atoms with E-state index in [-0.39, 0.29) is 25.2 Å². The van der Waals surface area contributed by atoms with Crippen molar-refractivity contribution in [1.82, 2.24) is 9.03 Å². The summed E-state index contributed by atoms with van der Waals surface area (Å²) in [7, 11) is -3.42. The second-order valence-electron chi connectivity index (χ2n) is 4.20. The summed E-state index contributed by atoms with van der Waals surface area (Å²) in [6.45, 7) is 3.63. The van der Waals surface area contributed by atoms with E-state index >= 15 is 0 Å². The summed E-state index contributed by atoms with van der Waals surface area (Å²) in [6.07, 6.45) is 2.88. The highest BCUT2D eigenvalue weighted by atomic mass is 32.2. The first-order chi connectivity index (χ1) is 6.97. The van der Waals surface area contributed by atoms with Gasteiger partial charge in [0, 0.05) is 18.6 Å². The van der Waals surface area contributed by atoms with Crippen molar-refractivity contribution in [2.45, 2.75) is 45.2 Å². The summed E-state index contributed by atoms with van der Waals surface area (Å²) in [5, 5.41) is 8.87. The van der Waals surface area contributed by atoms with Crippen LogP contribution >= 0.6 is 0 Å². The zero-order chi connectivity index (χ0) is 11.5. The second-order valence-corrected chi connectivity index (χ2v) is 5.85. The van der Waals surface area contributed by atoms with Crippen LogP contribution in [0.3, 0.4) is 0 Å². The van der Waals surface area contributed by atoms with Crippen molar-refractivity contribution in [1.29, 1.82) is 0 Å². The van der Waals surface area contributed by atoms with Crippen molar-refractivity contribution in [3.8, 4) is 0 Å². The molecule has 0 spiro atoms. The van der Waals surface area contributed by atoms with Crippen LogP contribution in [0.25, 0.3) is 0 Å². The van der Waals surface area contributed by atoms with E-state index in [2.05, 4.69) is 4.72 Å². The van der Waals surface area contributed by atoms with Gasteiger partial charge in [-0.15, -0.1) is 0 Å². The fourth-order valence-electron chi connectivity index (χ4n) is 1.64. The molecule has 1 aliphatic carbocycles. The Bertz CT molecular complexity index is 286. The van der Waals surface area contributed by atoms with E-state index in [1.807, 2.05) is 0 Å². The van der Waals surface area contributed by atoms with E-state index in [0.717, 1.165) is 19.3 Å². The van der Waals surface area contributed by atoms with Gasteiger partial charge in [-0.1, -0.05) is 6.42 Å². The first kappa shape index (κ1) is 12.9. The Morgan fingerprint density at radius 2 is 2.07 bits per heavy atom. The topological polar surface area (TPSA) is 69.6 Å². The zero-order valence-corrected chi connectivity index (χ0v) is 10.1. The zero-order valence-electron chi connectivity index (χ0n) is 9.31. The third-order valence-corrected chi connectivity index (χ3v) is 4.36. The van der Waals surface area contributed by atoms with Gasteiger partial charge in [-0.25, -0.2) is 0 Å². The molecule has 1 rings (SSSR count). The van der Waals surface area contributed by atoms with Gasteiger partial charge in [-0.2, -0.15) is 17.4 Å². The van der Waals surface area contributed by atoms with Crippen LogP contribution in [0.5, 0.6) is 0 Å². The highest BCUT2D eigenvalue weighted by molar-refractivity contribution is 7.87. The van der Waals surface area contributed by atoms with Crippen molar-refractivity contribution in [2.24, 2.45) is 0 Å². The molecule has 15 heavy (non-hydrogen) atoms. The van der Waals surface area contributed by atoms with Crippen LogP contribution in [0.2, 0.25) is 0 Å². The fraction of sp³-hybridized carbons (Fsp3) is 1.00. The molecule has 0 saturated heterocycles. The minimum Gasteiger partial charge on any atom is -0.395 e. The molecule has 1 fully saturated rings. The lowest BCUT2D eigenvalue weighted by molar-refractivity contribution is 0.176. The predicted molar refractivity (Wildman–Crippen MR) is 58.6 cm³/mol. The molecule has 0 aromatic heterocycles. The first-order valence-corrected chi connectivity index (χ1v) is 6.81. The molecule has 2 N–H and O–H groups in total. The van der Waals surface area contributed by atoms with Crippen molar-refractivity contribution in [3.05, 3.63) is 0 Å². The van der Waals surface area contributed by atoms with Gasteiger partial charge >= 0.3 is 0 Å². The van der Waals surface area contributed by atoms with Crippen LogP contribution in [-0.2, 0) is 10.2 Å². The molecule has 1 saturated carbocycles. The third kappa shape index (κ3) is 3.41. The molecule has 1 aliphatic rings. The SMILES string of the molecule is CC(C)NS(=O)(=O)N(CCO)C1CCC1. The maximum atomic E-state index is 11.9. The minimum atomic E-state index is -3.42.